The third kappa shape index (κ3) is 2.71. The van der Waals surface area contributed by atoms with Crippen molar-refractivity contribution in [2.45, 2.75) is 40.3 Å². The summed E-state index contributed by atoms with van der Waals surface area (Å²) >= 11 is 0. The first-order valence-electron chi connectivity index (χ1n) is 6.66. The Hall–Kier alpha value is -1.62. The van der Waals surface area contributed by atoms with Crippen LogP contribution in [0.3, 0.4) is 0 Å². The van der Waals surface area contributed by atoms with Crippen LogP contribution in [0.15, 0.2) is 6.20 Å². The second-order valence-electron chi connectivity index (χ2n) is 5.38. The van der Waals surface area contributed by atoms with Crippen molar-refractivity contribution < 1.29 is 0 Å². The molecule has 0 saturated heterocycles. The number of hydrogen-bond acceptors (Lipinski definition) is 3. The molecule has 5 heteroatoms. The van der Waals surface area contributed by atoms with Gasteiger partial charge in [0.05, 0.1) is 5.69 Å². The largest absolute Gasteiger partial charge is 0.310 e. The predicted octanol–water partition coefficient (Wildman–Crippen LogP) is 1.94. The standard InChI is InChI=1S/C14H23N5/c1-9(2)15-7-12-8-18(5)17-14(12)13-10(3)16-19(6)11(13)4/h8-9,15H,7H2,1-6H3. The minimum Gasteiger partial charge on any atom is -0.310 e. The number of rotatable bonds is 4. The molecule has 0 amide bonds. The van der Waals surface area contributed by atoms with Crippen molar-refractivity contribution in [3.8, 4) is 11.3 Å². The summed E-state index contributed by atoms with van der Waals surface area (Å²) in [5.41, 5.74) is 5.60. The maximum Gasteiger partial charge on any atom is 0.100 e. The lowest BCUT2D eigenvalue weighted by molar-refractivity contribution is 0.589. The van der Waals surface area contributed by atoms with Crippen molar-refractivity contribution in [2.75, 3.05) is 0 Å². The van der Waals surface area contributed by atoms with Crippen molar-refractivity contribution >= 4 is 0 Å². The Morgan fingerprint density at radius 2 is 1.89 bits per heavy atom. The molecule has 2 aromatic heterocycles. The number of nitrogens with one attached hydrogen (secondary N) is 1. The Morgan fingerprint density at radius 3 is 2.42 bits per heavy atom. The van der Waals surface area contributed by atoms with E-state index in [1.54, 1.807) is 0 Å². The van der Waals surface area contributed by atoms with Gasteiger partial charge in [0.2, 0.25) is 0 Å². The first kappa shape index (κ1) is 13.8. The highest BCUT2D eigenvalue weighted by atomic mass is 15.3. The summed E-state index contributed by atoms with van der Waals surface area (Å²) in [5, 5.41) is 12.5. The Kier molecular flexibility index (Phi) is 3.75. The van der Waals surface area contributed by atoms with Crippen LogP contribution < -0.4 is 5.32 Å². The molecule has 0 atom stereocenters. The quantitative estimate of drug-likeness (QED) is 0.915. The highest BCUT2D eigenvalue weighted by molar-refractivity contribution is 5.67. The zero-order chi connectivity index (χ0) is 14.2. The van der Waals surface area contributed by atoms with E-state index in [9.17, 15) is 0 Å². The first-order chi connectivity index (χ1) is 8.90. The molecule has 2 rings (SSSR count). The van der Waals surface area contributed by atoms with E-state index in [2.05, 4.69) is 42.5 Å². The van der Waals surface area contributed by atoms with Gasteiger partial charge in [-0.2, -0.15) is 10.2 Å². The summed E-state index contributed by atoms with van der Waals surface area (Å²) < 4.78 is 3.79. The molecule has 0 fully saturated rings. The monoisotopic (exact) mass is 261 g/mol. The van der Waals surface area contributed by atoms with E-state index in [0.717, 1.165) is 29.2 Å². The minimum atomic E-state index is 0.462. The van der Waals surface area contributed by atoms with Gasteiger partial charge in [0, 0.05) is 49.7 Å². The lowest BCUT2D eigenvalue weighted by Crippen LogP contribution is -2.21. The van der Waals surface area contributed by atoms with Gasteiger partial charge in [0.15, 0.2) is 0 Å². The van der Waals surface area contributed by atoms with Gasteiger partial charge in [-0.25, -0.2) is 0 Å². The van der Waals surface area contributed by atoms with E-state index < -0.39 is 0 Å². The summed E-state index contributed by atoms with van der Waals surface area (Å²) in [4.78, 5) is 0. The van der Waals surface area contributed by atoms with Gasteiger partial charge in [0.1, 0.15) is 5.69 Å². The molecule has 5 nitrogen and oxygen atoms in total. The second-order valence-corrected chi connectivity index (χ2v) is 5.38. The van der Waals surface area contributed by atoms with Crippen LogP contribution in [0.25, 0.3) is 11.3 Å². The Morgan fingerprint density at radius 1 is 1.21 bits per heavy atom. The molecule has 0 aromatic carbocycles. The summed E-state index contributed by atoms with van der Waals surface area (Å²) in [5.74, 6) is 0. The molecule has 0 radical (unpaired) electrons. The number of hydrogen-bond donors (Lipinski definition) is 1. The molecule has 2 heterocycles. The van der Waals surface area contributed by atoms with Crippen molar-refractivity contribution in [2.24, 2.45) is 14.1 Å². The van der Waals surface area contributed by atoms with Crippen LogP contribution >= 0.6 is 0 Å². The van der Waals surface area contributed by atoms with Crippen molar-refractivity contribution in [3.05, 3.63) is 23.1 Å². The number of aryl methyl sites for hydroxylation is 3. The van der Waals surface area contributed by atoms with Gasteiger partial charge < -0.3 is 5.32 Å². The van der Waals surface area contributed by atoms with Gasteiger partial charge in [-0.05, 0) is 13.8 Å². The number of aromatic nitrogens is 4. The molecule has 1 N–H and O–H groups in total. The zero-order valence-electron chi connectivity index (χ0n) is 12.7. The molecule has 0 unspecified atom stereocenters. The molecule has 0 bridgehead atoms. The van der Waals surface area contributed by atoms with Crippen LogP contribution in [0.4, 0.5) is 0 Å². The highest BCUT2D eigenvalue weighted by Crippen LogP contribution is 2.28. The smallest absolute Gasteiger partial charge is 0.100 e. The third-order valence-electron chi connectivity index (χ3n) is 3.35. The van der Waals surface area contributed by atoms with Crippen molar-refractivity contribution in [1.82, 2.24) is 24.9 Å². The summed E-state index contributed by atoms with van der Waals surface area (Å²) in [7, 11) is 3.93. The first-order valence-corrected chi connectivity index (χ1v) is 6.66. The zero-order valence-corrected chi connectivity index (χ0v) is 12.7. The molecule has 0 spiro atoms. The Bertz CT molecular complexity index is 577. The van der Waals surface area contributed by atoms with Crippen molar-refractivity contribution in [3.63, 3.8) is 0 Å². The van der Waals surface area contributed by atoms with Gasteiger partial charge in [-0.3, -0.25) is 9.36 Å². The van der Waals surface area contributed by atoms with Crippen LogP contribution in [-0.4, -0.2) is 25.6 Å². The van der Waals surface area contributed by atoms with E-state index >= 15 is 0 Å². The van der Waals surface area contributed by atoms with E-state index in [0.29, 0.717) is 6.04 Å². The lowest BCUT2D eigenvalue weighted by atomic mass is 10.1. The SMILES string of the molecule is Cc1nn(C)c(C)c1-c1nn(C)cc1CNC(C)C. The predicted molar refractivity (Wildman–Crippen MR) is 76.9 cm³/mol. The fourth-order valence-corrected chi connectivity index (χ4v) is 2.31. The molecule has 0 saturated carbocycles. The van der Waals surface area contributed by atoms with Gasteiger partial charge in [-0.1, -0.05) is 13.8 Å². The maximum absolute atomic E-state index is 4.62. The lowest BCUT2D eigenvalue weighted by Gasteiger charge is -2.08. The average Bonchev–Trinajstić information content (AvgIpc) is 2.78. The minimum absolute atomic E-state index is 0.462. The van der Waals surface area contributed by atoms with Crippen LogP contribution in [0, 0.1) is 13.8 Å². The fourth-order valence-electron chi connectivity index (χ4n) is 2.31. The summed E-state index contributed by atoms with van der Waals surface area (Å²) in [6.07, 6.45) is 2.08. The van der Waals surface area contributed by atoms with E-state index in [1.807, 2.05) is 30.4 Å². The normalized spacial score (nSPS) is 11.5. The van der Waals surface area contributed by atoms with Gasteiger partial charge >= 0.3 is 0 Å². The fraction of sp³-hybridized carbons (Fsp3) is 0.571. The van der Waals surface area contributed by atoms with Gasteiger partial charge in [-0.15, -0.1) is 0 Å². The summed E-state index contributed by atoms with van der Waals surface area (Å²) in [6, 6.07) is 0.462. The highest BCUT2D eigenvalue weighted by Gasteiger charge is 2.18. The molecule has 104 valence electrons. The van der Waals surface area contributed by atoms with Crippen LogP contribution in [0.2, 0.25) is 0 Å². The average molecular weight is 261 g/mol. The second kappa shape index (κ2) is 5.17. The topological polar surface area (TPSA) is 47.7 Å². The molecule has 0 aliphatic carbocycles. The number of nitrogens with zero attached hydrogens (tertiary/aromatic N) is 4. The van der Waals surface area contributed by atoms with Crippen molar-refractivity contribution in [1.29, 1.82) is 0 Å². The third-order valence-corrected chi connectivity index (χ3v) is 3.35. The van der Waals surface area contributed by atoms with E-state index in [-0.39, 0.29) is 0 Å². The molecular weight excluding hydrogens is 238 g/mol. The van der Waals surface area contributed by atoms with Crippen LogP contribution in [0.1, 0.15) is 30.8 Å². The van der Waals surface area contributed by atoms with E-state index in [4.69, 9.17) is 0 Å². The molecule has 0 aliphatic rings. The van der Waals surface area contributed by atoms with Crippen LogP contribution in [0.5, 0.6) is 0 Å². The molecule has 2 aromatic rings. The van der Waals surface area contributed by atoms with Crippen LogP contribution in [-0.2, 0) is 20.6 Å². The Balaban J connectivity index is 2.44. The maximum atomic E-state index is 4.62. The molecule has 0 aliphatic heterocycles. The molecule has 19 heavy (non-hydrogen) atoms. The Labute approximate surface area is 114 Å². The molecular formula is C14H23N5. The summed E-state index contributed by atoms with van der Waals surface area (Å²) in [6.45, 7) is 9.25. The van der Waals surface area contributed by atoms with E-state index in [1.165, 1.54) is 5.56 Å². The van der Waals surface area contributed by atoms with Gasteiger partial charge in [0.25, 0.3) is 0 Å².